The topological polar surface area (TPSA) is 61.8 Å². The summed E-state index contributed by atoms with van der Waals surface area (Å²) in [6.45, 7) is 6.69. The van der Waals surface area contributed by atoms with Crippen molar-refractivity contribution < 1.29 is 14.6 Å². The molecule has 0 aromatic heterocycles. The number of nitrogens with one attached hydrogen (secondary N) is 1. The van der Waals surface area contributed by atoms with E-state index < -0.39 is 11.5 Å². The molecule has 1 saturated heterocycles. The molecular weight excluding hydrogens is 256 g/mol. The van der Waals surface area contributed by atoms with Crippen molar-refractivity contribution in [3.8, 4) is 0 Å². The van der Waals surface area contributed by atoms with Crippen molar-refractivity contribution in [2.75, 3.05) is 26.7 Å². The maximum absolute atomic E-state index is 11.5. The van der Waals surface area contributed by atoms with Crippen molar-refractivity contribution in [2.24, 2.45) is 0 Å². The van der Waals surface area contributed by atoms with Crippen LogP contribution in [0.1, 0.15) is 46.0 Å². The zero-order valence-corrected chi connectivity index (χ0v) is 12.9. The van der Waals surface area contributed by atoms with Gasteiger partial charge >= 0.3 is 5.97 Å². The van der Waals surface area contributed by atoms with Gasteiger partial charge < -0.3 is 14.7 Å². The zero-order chi connectivity index (χ0) is 14.8. The highest BCUT2D eigenvalue weighted by Crippen LogP contribution is 2.27. The Kier molecular flexibility index (Phi) is 4.72. The molecule has 2 rings (SSSR count). The smallest absolute Gasteiger partial charge is 0.323 e. The second-order valence-electron chi connectivity index (χ2n) is 6.84. The van der Waals surface area contributed by atoms with Crippen LogP contribution in [0.2, 0.25) is 0 Å². The molecule has 20 heavy (non-hydrogen) atoms. The van der Waals surface area contributed by atoms with Crippen molar-refractivity contribution >= 4 is 5.97 Å². The van der Waals surface area contributed by atoms with Gasteiger partial charge in [0, 0.05) is 26.2 Å². The Balaban J connectivity index is 1.87. The number of aliphatic carboxylic acids is 1. The molecule has 0 radical (unpaired) electrons. The molecule has 1 aliphatic carbocycles. The molecule has 2 N–H and O–H groups in total. The van der Waals surface area contributed by atoms with Gasteiger partial charge in [0.2, 0.25) is 0 Å². The van der Waals surface area contributed by atoms with Crippen molar-refractivity contribution in [1.82, 2.24) is 10.2 Å². The van der Waals surface area contributed by atoms with Crippen LogP contribution in [-0.4, -0.2) is 59.9 Å². The Morgan fingerprint density at radius 2 is 2.25 bits per heavy atom. The first-order valence-electron chi connectivity index (χ1n) is 7.65. The first kappa shape index (κ1) is 15.7. The van der Waals surface area contributed by atoms with E-state index >= 15 is 0 Å². The predicted molar refractivity (Wildman–Crippen MR) is 77.9 cm³/mol. The largest absolute Gasteiger partial charge is 0.480 e. The molecule has 0 amide bonds. The summed E-state index contributed by atoms with van der Waals surface area (Å²) >= 11 is 0. The molecule has 2 atom stereocenters. The van der Waals surface area contributed by atoms with E-state index in [2.05, 4.69) is 17.1 Å². The average molecular weight is 284 g/mol. The molecule has 2 fully saturated rings. The highest BCUT2D eigenvalue weighted by atomic mass is 16.5. The van der Waals surface area contributed by atoms with Gasteiger partial charge in [0.15, 0.2) is 0 Å². The van der Waals surface area contributed by atoms with Crippen LogP contribution >= 0.6 is 0 Å². The van der Waals surface area contributed by atoms with Gasteiger partial charge in [-0.1, -0.05) is 0 Å². The molecule has 0 aromatic rings. The number of carboxylic acid groups (broad SMARTS) is 1. The summed E-state index contributed by atoms with van der Waals surface area (Å²) in [5.74, 6) is -0.740. The molecule has 2 aliphatic rings. The summed E-state index contributed by atoms with van der Waals surface area (Å²) in [5.41, 5.74) is -0.885. The SMILES string of the molecule is COC1(C)CCCN(CCC(C)(NC2CC2)C(=O)O)C1. The minimum atomic E-state index is -0.803. The first-order chi connectivity index (χ1) is 9.37. The van der Waals surface area contributed by atoms with Gasteiger partial charge in [-0.05, 0) is 52.5 Å². The van der Waals surface area contributed by atoms with Gasteiger partial charge in [0.1, 0.15) is 5.54 Å². The molecule has 0 bridgehead atoms. The summed E-state index contributed by atoms with van der Waals surface area (Å²) in [4.78, 5) is 13.9. The lowest BCUT2D eigenvalue weighted by Crippen LogP contribution is -2.54. The molecule has 116 valence electrons. The number of likely N-dealkylation sites (tertiary alicyclic amines) is 1. The average Bonchev–Trinajstić information content (AvgIpc) is 3.20. The van der Waals surface area contributed by atoms with Gasteiger partial charge in [-0.3, -0.25) is 10.1 Å². The summed E-state index contributed by atoms with van der Waals surface area (Å²) in [6.07, 6.45) is 5.04. The first-order valence-corrected chi connectivity index (χ1v) is 7.65. The quantitative estimate of drug-likeness (QED) is 0.741. The Bertz CT molecular complexity index is 359. The Morgan fingerprint density at radius 1 is 1.55 bits per heavy atom. The zero-order valence-electron chi connectivity index (χ0n) is 12.9. The Morgan fingerprint density at radius 3 is 2.80 bits per heavy atom. The highest BCUT2D eigenvalue weighted by molar-refractivity contribution is 5.78. The van der Waals surface area contributed by atoms with E-state index in [1.807, 2.05) is 6.92 Å². The second kappa shape index (κ2) is 6.00. The van der Waals surface area contributed by atoms with Crippen LogP contribution in [0.5, 0.6) is 0 Å². The fraction of sp³-hybridized carbons (Fsp3) is 0.933. The van der Waals surface area contributed by atoms with E-state index in [-0.39, 0.29) is 5.60 Å². The van der Waals surface area contributed by atoms with Crippen molar-refractivity contribution in [1.29, 1.82) is 0 Å². The number of methoxy groups -OCH3 is 1. The maximum atomic E-state index is 11.5. The Hall–Kier alpha value is -0.650. The fourth-order valence-electron chi connectivity index (χ4n) is 2.97. The van der Waals surface area contributed by atoms with Crippen molar-refractivity contribution in [3.63, 3.8) is 0 Å². The van der Waals surface area contributed by atoms with Crippen LogP contribution in [0, 0.1) is 0 Å². The van der Waals surface area contributed by atoms with Gasteiger partial charge in [0.25, 0.3) is 0 Å². The van der Waals surface area contributed by atoms with Crippen LogP contribution in [0.4, 0.5) is 0 Å². The molecule has 0 spiro atoms. The number of nitrogens with zero attached hydrogens (tertiary/aromatic N) is 1. The fourth-order valence-corrected chi connectivity index (χ4v) is 2.97. The molecule has 1 saturated carbocycles. The van der Waals surface area contributed by atoms with E-state index in [0.717, 1.165) is 45.3 Å². The second-order valence-corrected chi connectivity index (χ2v) is 6.84. The van der Waals surface area contributed by atoms with Gasteiger partial charge in [0.05, 0.1) is 5.60 Å². The molecule has 1 heterocycles. The van der Waals surface area contributed by atoms with Crippen LogP contribution in [-0.2, 0) is 9.53 Å². The van der Waals surface area contributed by atoms with Gasteiger partial charge in [-0.25, -0.2) is 0 Å². The summed E-state index contributed by atoms with van der Waals surface area (Å²) < 4.78 is 5.59. The van der Waals surface area contributed by atoms with Crippen molar-refractivity contribution in [3.05, 3.63) is 0 Å². The summed E-state index contributed by atoms with van der Waals surface area (Å²) in [5, 5.41) is 12.8. The summed E-state index contributed by atoms with van der Waals surface area (Å²) in [7, 11) is 1.76. The minimum absolute atomic E-state index is 0.0816. The van der Waals surface area contributed by atoms with E-state index in [9.17, 15) is 9.90 Å². The number of carbonyl (C=O) groups is 1. The van der Waals surface area contributed by atoms with Crippen LogP contribution < -0.4 is 5.32 Å². The predicted octanol–water partition coefficient (Wildman–Crippen LogP) is 1.47. The lowest BCUT2D eigenvalue weighted by atomic mass is 9.92. The van der Waals surface area contributed by atoms with Crippen molar-refractivity contribution in [2.45, 2.75) is 63.1 Å². The normalized spacial score (nSPS) is 30.9. The van der Waals surface area contributed by atoms with E-state index in [1.165, 1.54) is 0 Å². The van der Waals surface area contributed by atoms with Crippen LogP contribution in [0.3, 0.4) is 0 Å². The maximum Gasteiger partial charge on any atom is 0.323 e. The third-order valence-electron chi connectivity index (χ3n) is 4.73. The standard InChI is InChI=1S/C15H28N2O3/c1-14(20-3)7-4-9-17(11-14)10-8-15(2,13(18)19)16-12-5-6-12/h12,16H,4-11H2,1-3H3,(H,18,19). The molecule has 1 aliphatic heterocycles. The van der Waals surface area contributed by atoms with Gasteiger partial charge in [-0.2, -0.15) is 0 Å². The number of carboxylic acids is 1. The highest BCUT2D eigenvalue weighted by Gasteiger charge is 2.39. The van der Waals surface area contributed by atoms with E-state index in [1.54, 1.807) is 7.11 Å². The molecular formula is C15H28N2O3. The summed E-state index contributed by atoms with van der Waals surface area (Å²) in [6, 6.07) is 0.404. The molecule has 0 aromatic carbocycles. The third-order valence-corrected chi connectivity index (χ3v) is 4.73. The van der Waals surface area contributed by atoms with Crippen LogP contribution in [0.25, 0.3) is 0 Å². The number of rotatable bonds is 7. The van der Waals surface area contributed by atoms with E-state index in [4.69, 9.17) is 4.74 Å². The minimum Gasteiger partial charge on any atom is -0.480 e. The number of ether oxygens (including phenoxy) is 1. The molecule has 2 unspecified atom stereocenters. The Labute approximate surface area is 121 Å². The number of piperidine rings is 1. The molecule has 5 nitrogen and oxygen atoms in total. The third kappa shape index (κ3) is 3.93. The lowest BCUT2D eigenvalue weighted by Gasteiger charge is -2.40. The van der Waals surface area contributed by atoms with Gasteiger partial charge in [-0.15, -0.1) is 0 Å². The molecule has 5 heteroatoms. The number of hydrogen-bond donors (Lipinski definition) is 2. The van der Waals surface area contributed by atoms with Crippen LogP contribution in [0.15, 0.2) is 0 Å². The van der Waals surface area contributed by atoms with E-state index in [0.29, 0.717) is 12.5 Å². The number of hydrogen-bond acceptors (Lipinski definition) is 4. The lowest BCUT2D eigenvalue weighted by molar-refractivity contribution is -0.144. The monoisotopic (exact) mass is 284 g/mol.